The summed E-state index contributed by atoms with van der Waals surface area (Å²) in [4.78, 5) is 6.41. The molecular weight excluding hydrogens is 210 g/mol. The maximum atomic E-state index is 6.14. The molecule has 0 spiro atoms. The number of halogens is 1. The Balaban J connectivity index is 1.82. The first kappa shape index (κ1) is 9.43. The van der Waals surface area contributed by atoms with Crippen molar-refractivity contribution in [2.75, 3.05) is 31.1 Å². The van der Waals surface area contributed by atoms with Crippen LogP contribution in [0.5, 0.6) is 0 Å². The van der Waals surface area contributed by atoms with Crippen molar-refractivity contribution < 1.29 is 0 Å². The van der Waals surface area contributed by atoms with Crippen molar-refractivity contribution in [1.29, 1.82) is 0 Å². The molecule has 1 aromatic heterocycles. The molecule has 2 saturated heterocycles. The Morgan fingerprint density at radius 3 is 2.73 bits per heavy atom. The van der Waals surface area contributed by atoms with Crippen LogP contribution in [0.3, 0.4) is 0 Å². The van der Waals surface area contributed by atoms with Crippen molar-refractivity contribution in [1.82, 2.24) is 10.3 Å². The van der Waals surface area contributed by atoms with Crippen LogP contribution in [0, 0.1) is 11.8 Å². The normalized spacial score (nSPS) is 29.5. The molecule has 3 rings (SSSR count). The molecule has 0 saturated carbocycles. The monoisotopic (exact) mass is 223 g/mol. The van der Waals surface area contributed by atoms with Gasteiger partial charge in [0.2, 0.25) is 0 Å². The topological polar surface area (TPSA) is 28.2 Å². The highest BCUT2D eigenvalue weighted by Gasteiger charge is 2.36. The van der Waals surface area contributed by atoms with E-state index in [2.05, 4.69) is 15.2 Å². The van der Waals surface area contributed by atoms with E-state index in [0.29, 0.717) is 0 Å². The van der Waals surface area contributed by atoms with Gasteiger partial charge in [-0.05, 0) is 17.9 Å². The van der Waals surface area contributed by atoms with Gasteiger partial charge in [0.05, 0.1) is 10.7 Å². The zero-order chi connectivity index (χ0) is 10.3. The predicted molar refractivity (Wildman–Crippen MR) is 61.3 cm³/mol. The minimum Gasteiger partial charge on any atom is -0.370 e. The lowest BCUT2D eigenvalue weighted by Gasteiger charge is -2.20. The first-order valence-electron chi connectivity index (χ1n) is 5.40. The molecule has 0 unspecified atom stereocenters. The van der Waals surface area contributed by atoms with E-state index in [4.69, 9.17) is 11.6 Å². The highest BCUT2D eigenvalue weighted by atomic mass is 35.5. The van der Waals surface area contributed by atoms with E-state index in [1.165, 1.54) is 0 Å². The lowest BCUT2D eigenvalue weighted by Crippen LogP contribution is -2.25. The maximum Gasteiger partial charge on any atom is 0.0822 e. The van der Waals surface area contributed by atoms with E-state index in [-0.39, 0.29) is 0 Å². The molecular formula is C11H14ClN3. The van der Waals surface area contributed by atoms with Crippen LogP contribution in [0.2, 0.25) is 5.02 Å². The second kappa shape index (κ2) is 3.65. The van der Waals surface area contributed by atoms with Crippen LogP contribution in [0.25, 0.3) is 0 Å². The number of nitrogens with one attached hydrogen (secondary N) is 1. The van der Waals surface area contributed by atoms with Crippen molar-refractivity contribution in [3.63, 3.8) is 0 Å². The first-order valence-corrected chi connectivity index (χ1v) is 5.77. The van der Waals surface area contributed by atoms with Crippen molar-refractivity contribution in [2.45, 2.75) is 0 Å². The van der Waals surface area contributed by atoms with Crippen molar-refractivity contribution in [2.24, 2.45) is 11.8 Å². The third-order valence-corrected chi connectivity index (χ3v) is 3.77. The number of rotatable bonds is 1. The minimum atomic E-state index is 0.769. The zero-order valence-electron chi connectivity index (χ0n) is 8.49. The van der Waals surface area contributed by atoms with Gasteiger partial charge in [-0.15, -0.1) is 0 Å². The first-order chi connectivity index (χ1) is 7.34. The molecule has 1 aromatic rings. The largest absolute Gasteiger partial charge is 0.370 e. The average molecular weight is 224 g/mol. The molecule has 0 aromatic carbocycles. The lowest BCUT2D eigenvalue weighted by molar-refractivity contribution is 0.533. The Hall–Kier alpha value is -0.800. The van der Waals surface area contributed by atoms with Gasteiger partial charge in [-0.2, -0.15) is 0 Å². The molecule has 15 heavy (non-hydrogen) atoms. The SMILES string of the molecule is Clc1cnccc1N1C[C@H]2CNC[C@H]2C1. The van der Waals surface area contributed by atoms with Crippen molar-refractivity contribution in [3.05, 3.63) is 23.5 Å². The van der Waals surface area contributed by atoms with E-state index in [1.807, 2.05) is 12.3 Å². The molecule has 3 nitrogen and oxygen atoms in total. The third-order valence-electron chi connectivity index (χ3n) is 3.48. The molecule has 0 bridgehead atoms. The van der Waals surface area contributed by atoms with Gasteiger partial charge in [0.25, 0.3) is 0 Å². The van der Waals surface area contributed by atoms with Gasteiger partial charge in [-0.3, -0.25) is 4.98 Å². The van der Waals surface area contributed by atoms with E-state index >= 15 is 0 Å². The summed E-state index contributed by atoms with van der Waals surface area (Å²) in [5.74, 6) is 1.60. The fourth-order valence-electron chi connectivity index (χ4n) is 2.68. The summed E-state index contributed by atoms with van der Waals surface area (Å²) < 4.78 is 0. The smallest absolute Gasteiger partial charge is 0.0822 e. The van der Waals surface area contributed by atoms with Crippen LogP contribution in [-0.4, -0.2) is 31.2 Å². The zero-order valence-corrected chi connectivity index (χ0v) is 9.24. The lowest BCUT2D eigenvalue weighted by atomic mass is 10.0. The molecule has 4 heteroatoms. The number of nitrogens with zero attached hydrogens (tertiary/aromatic N) is 2. The highest BCUT2D eigenvalue weighted by molar-refractivity contribution is 6.33. The number of hydrogen-bond acceptors (Lipinski definition) is 3. The summed E-state index contributed by atoms with van der Waals surface area (Å²) in [7, 11) is 0. The van der Waals surface area contributed by atoms with Gasteiger partial charge in [-0.1, -0.05) is 11.6 Å². The molecule has 3 heterocycles. The van der Waals surface area contributed by atoms with Crippen LogP contribution in [0.1, 0.15) is 0 Å². The summed E-state index contributed by atoms with van der Waals surface area (Å²) in [5.41, 5.74) is 1.14. The van der Waals surface area contributed by atoms with Crippen LogP contribution < -0.4 is 10.2 Å². The number of anilines is 1. The van der Waals surface area contributed by atoms with Crippen LogP contribution >= 0.6 is 11.6 Å². The molecule has 2 aliphatic rings. The Morgan fingerprint density at radius 2 is 2.07 bits per heavy atom. The molecule has 0 radical (unpaired) electrons. The molecule has 0 aliphatic carbocycles. The van der Waals surface area contributed by atoms with Gasteiger partial charge in [0.1, 0.15) is 0 Å². The van der Waals surface area contributed by atoms with Gasteiger partial charge >= 0.3 is 0 Å². The summed E-state index contributed by atoms with van der Waals surface area (Å²) in [6.07, 6.45) is 3.54. The Labute approximate surface area is 94.4 Å². The fraction of sp³-hybridized carbons (Fsp3) is 0.545. The van der Waals surface area contributed by atoms with Crippen LogP contribution in [-0.2, 0) is 0 Å². The number of pyridine rings is 1. The second-order valence-corrected chi connectivity index (χ2v) is 4.82. The quantitative estimate of drug-likeness (QED) is 0.780. The fourth-order valence-corrected chi connectivity index (χ4v) is 2.92. The van der Waals surface area contributed by atoms with Gasteiger partial charge in [-0.25, -0.2) is 0 Å². The Morgan fingerprint density at radius 1 is 1.33 bits per heavy atom. The van der Waals surface area contributed by atoms with Crippen molar-refractivity contribution in [3.8, 4) is 0 Å². The van der Waals surface area contributed by atoms with Crippen LogP contribution in [0.4, 0.5) is 5.69 Å². The Kier molecular flexibility index (Phi) is 2.29. The molecule has 80 valence electrons. The van der Waals surface area contributed by atoms with Gasteiger partial charge < -0.3 is 10.2 Å². The Bertz CT molecular complexity index is 357. The molecule has 1 N–H and O–H groups in total. The van der Waals surface area contributed by atoms with Gasteiger partial charge in [0.15, 0.2) is 0 Å². The summed E-state index contributed by atoms with van der Waals surface area (Å²) >= 11 is 6.14. The standard InChI is InChI=1S/C11H14ClN3/c12-10-5-13-2-1-11(10)15-6-8-3-14-4-9(8)7-15/h1-2,5,8-9,14H,3-4,6-7H2/t8-,9+. The molecule has 2 atom stereocenters. The molecule has 0 amide bonds. The number of hydrogen-bond donors (Lipinski definition) is 1. The van der Waals surface area contributed by atoms with E-state index < -0.39 is 0 Å². The van der Waals surface area contributed by atoms with E-state index in [0.717, 1.165) is 48.7 Å². The number of fused-ring (bicyclic) bond motifs is 1. The van der Waals surface area contributed by atoms with Crippen LogP contribution in [0.15, 0.2) is 18.5 Å². The van der Waals surface area contributed by atoms with E-state index in [1.54, 1.807) is 6.20 Å². The predicted octanol–water partition coefficient (Wildman–Crippen LogP) is 1.39. The molecule has 2 fully saturated rings. The van der Waals surface area contributed by atoms with Gasteiger partial charge in [0, 0.05) is 38.6 Å². The minimum absolute atomic E-state index is 0.769. The third kappa shape index (κ3) is 1.60. The summed E-state index contributed by atoms with van der Waals surface area (Å²) in [6.45, 7) is 4.57. The molecule has 2 aliphatic heterocycles. The van der Waals surface area contributed by atoms with Crippen molar-refractivity contribution >= 4 is 17.3 Å². The summed E-state index contributed by atoms with van der Waals surface area (Å²) in [6, 6.07) is 2.01. The second-order valence-electron chi connectivity index (χ2n) is 4.41. The van der Waals surface area contributed by atoms with E-state index in [9.17, 15) is 0 Å². The maximum absolute atomic E-state index is 6.14. The number of aromatic nitrogens is 1. The average Bonchev–Trinajstić information content (AvgIpc) is 2.77. The highest BCUT2D eigenvalue weighted by Crippen LogP contribution is 2.33. The summed E-state index contributed by atoms with van der Waals surface area (Å²) in [5, 5.41) is 4.21.